The van der Waals surface area contributed by atoms with Crippen LogP contribution in [0.5, 0.6) is 0 Å². The molecule has 11 heavy (non-hydrogen) atoms. The molecular formula is C9H17NO. The largest absolute Gasteiger partial charge is 0.389 e. The molecule has 1 fully saturated rings. The maximum Gasteiger partial charge on any atom is 0.0783 e. The molecule has 1 rings (SSSR count). The van der Waals surface area contributed by atoms with Crippen molar-refractivity contribution < 1.29 is 5.11 Å². The lowest BCUT2D eigenvalue weighted by Crippen LogP contribution is -2.32. The van der Waals surface area contributed by atoms with Gasteiger partial charge in [-0.15, -0.1) is 6.58 Å². The second-order valence-electron chi connectivity index (χ2n) is 3.35. The number of β-amino-alcohol motifs (C(OH)–C–C–N with tert-alkyl or cyclic N) is 1. The van der Waals surface area contributed by atoms with Gasteiger partial charge in [-0.25, -0.2) is 0 Å². The number of likely N-dealkylation sites (tertiary alicyclic amines) is 1. The van der Waals surface area contributed by atoms with Crippen LogP contribution in [0.15, 0.2) is 12.7 Å². The molecule has 1 aliphatic heterocycles. The molecule has 2 heteroatoms. The van der Waals surface area contributed by atoms with E-state index in [1.807, 2.05) is 13.0 Å². The van der Waals surface area contributed by atoms with Crippen LogP contribution in [0.2, 0.25) is 0 Å². The second kappa shape index (κ2) is 3.37. The lowest BCUT2D eigenvalue weighted by atomic mass is 10.0. The van der Waals surface area contributed by atoms with Gasteiger partial charge in [-0.2, -0.15) is 0 Å². The molecule has 1 heterocycles. The summed E-state index contributed by atoms with van der Waals surface area (Å²) in [6.45, 7) is 8.44. The highest BCUT2D eigenvalue weighted by Gasteiger charge is 2.33. The third-order valence-corrected chi connectivity index (χ3v) is 2.46. The van der Waals surface area contributed by atoms with E-state index in [0.29, 0.717) is 0 Å². The van der Waals surface area contributed by atoms with Crippen molar-refractivity contribution in [2.45, 2.75) is 25.4 Å². The fourth-order valence-electron chi connectivity index (χ4n) is 1.57. The number of hydrogen-bond acceptors (Lipinski definition) is 2. The van der Waals surface area contributed by atoms with E-state index in [2.05, 4.69) is 11.5 Å². The quantitative estimate of drug-likeness (QED) is 0.615. The third-order valence-electron chi connectivity index (χ3n) is 2.46. The van der Waals surface area contributed by atoms with Gasteiger partial charge in [-0.1, -0.05) is 13.0 Å². The highest BCUT2D eigenvalue weighted by atomic mass is 16.3. The van der Waals surface area contributed by atoms with E-state index < -0.39 is 5.60 Å². The number of rotatable bonds is 3. The first-order valence-corrected chi connectivity index (χ1v) is 4.26. The van der Waals surface area contributed by atoms with Crippen LogP contribution in [0.25, 0.3) is 0 Å². The van der Waals surface area contributed by atoms with Gasteiger partial charge in [-0.05, 0) is 12.8 Å². The summed E-state index contributed by atoms with van der Waals surface area (Å²) in [5, 5.41) is 9.82. The Balaban J connectivity index is 2.39. The van der Waals surface area contributed by atoms with Crippen LogP contribution in [0.1, 0.15) is 19.8 Å². The van der Waals surface area contributed by atoms with Gasteiger partial charge in [0.15, 0.2) is 0 Å². The Labute approximate surface area is 68.5 Å². The molecule has 0 saturated carbocycles. The van der Waals surface area contributed by atoms with Gasteiger partial charge >= 0.3 is 0 Å². The minimum Gasteiger partial charge on any atom is -0.389 e. The highest BCUT2D eigenvalue weighted by Crippen LogP contribution is 2.23. The Morgan fingerprint density at radius 1 is 1.73 bits per heavy atom. The molecule has 0 aromatic carbocycles. The SMILES string of the molecule is C=CCN1CCC(O)(CC)C1. The van der Waals surface area contributed by atoms with E-state index in [9.17, 15) is 5.11 Å². The van der Waals surface area contributed by atoms with E-state index in [0.717, 1.165) is 32.5 Å². The van der Waals surface area contributed by atoms with Crippen LogP contribution in [0.3, 0.4) is 0 Å². The Morgan fingerprint density at radius 2 is 2.45 bits per heavy atom. The van der Waals surface area contributed by atoms with E-state index >= 15 is 0 Å². The fourth-order valence-corrected chi connectivity index (χ4v) is 1.57. The molecule has 1 atom stereocenters. The summed E-state index contributed by atoms with van der Waals surface area (Å²) in [5.74, 6) is 0. The summed E-state index contributed by atoms with van der Waals surface area (Å²) in [6.07, 6.45) is 3.67. The first-order chi connectivity index (χ1) is 5.20. The lowest BCUT2D eigenvalue weighted by Gasteiger charge is -2.20. The zero-order chi connectivity index (χ0) is 8.32. The Morgan fingerprint density at radius 3 is 2.91 bits per heavy atom. The van der Waals surface area contributed by atoms with E-state index in [-0.39, 0.29) is 0 Å². The minimum absolute atomic E-state index is 0.414. The van der Waals surface area contributed by atoms with Crippen molar-refractivity contribution >= 4 is 0 Å². The standard InChI is InChI=1S/C9H17NO/c1-3-6-10-7-5-9(11,4-2)8-10/h3,11H,1,4-8H2,2H3. The zero-order valence-corrected chi connectivity index (χ0v) is 7.21. The van der Waals surface area contributed by atoms with E-state index in [1.54, 1.807) is 0 Å². The van der Waals surface area contributed by atoms with Crippen molar-refractivity contribution in [3.05, 3.63) is 12.7 Å². The normalized spacial score (nSPS) is 32.5. The predicted octanol–water partition coefficient (Wildman–Crippen LogP) is 1.02. The van der Waals surface area contributed by atoms with Gasteiger partial charge in [0.05, 0.1) is 5.60 Å². The average Bonchev–Trinajstić information content (AvgIpc) is 2.35. The summed E-state index contributed by atoms with van der Waals surface area (Å²) in [4.78, 5) is 2.23. The van der Waals surface area contributed by atoms with Gasteiger partial charge in [0.25, 0.3) is 0 Å². The van der Waals surface area contributed by atoms with Crippen molar-refractivity contribution in [2.24, 2.45) is 0 Å². The molecule has 0 aromatic rings. The molecule has 1 unspecified atom stereocenters. The highest BCUT2D eigenvalue weighted by molar-refractivity contribution is 4.90. The minimum atomic E-state index is -0.414. The Bertz CT molecular complexity index is 146. The Hall–Kier alpha value is -0.340. The topological polar surface area (TPSA) is 23.5 Å². The first-order valence-electron chi connectivity index (χ1n) is 4.26. The maximum absolute atomic E-state index is 9.82. The molecule has 0 aliphatic carbocycles. The maximum atomic E-state index is 9.82. The number of nitrogens with zero attached hydrogens (tertiary/aromatic N) is 1. The van der Waals surface area contributed by atoms with Crippen LogP contribution >= 0.6 is 0 Å². The van der Waals surface area contributed by atoms with Crippen molar-refractivity contribution in [2.75, 3.05) is 19.6 Å². The van der Waals surface area contributed by atoms with Gasteiger partial charge in [0, 0.05) is 19.6 Å². The molecule has 0 bridgehead atoms. The van der Waals surface area contributed by atoms with Crippen molar-refractivity contribution in [1.82, 2.24) is 4.90 Å². The van der Waals surface area contributed by atoms with E-state index in [4.69, 9.17) is 0 Å². The van der Waals surface area contributed by atoms with Crippen LogP contribution in [-0.2, 0) is 0 Å². The third kappa shape index (κ3) is 2.04. The zero-order valence-electron chi connectivity index (χ0n) is 7.21. The van der Waals surface area contributed by atoms with Crippen molar-refractivity contribution in [3.63, 3.8) is 0 Å². The van der Waals surface area contributed by atoms with Gasteiger partial charge in [0.1, 0.15) is 0 Å². The first kappa shape index (κ1) is 8.75. The molecule has 2 nitrogen and oxygen atoms in total. The van der Waals surface area contributed by atoms with Crippen LogP contribution in [-0.4, -0.2) is 35.2 Å². The summed E-state index contributed by atoms with van der Waals surface area (Å²) in [5.41, 5.74) is -0.414. The van der Waals surface area contributed by atoms with Crippen molar-refractivity contribution in [3.8, 4) is 0 Å². The van der Waals surface area contributed by atoms with Gasteiger partial charge in [-0.3, -0.25) is 4.90 Å². The predicted molar refractivity (Wildman–Crippen MR) is 46.5 cm³/mol. The lowest BCUT2D eigenvalue weighted by molar-refractivity contribution is 0.0467. The van der Waals surface area contributed by atoms with Crippen LogP contribution < -0.4 is 0 Å². The molecule has 1 aliphatic rings. The molecule has 0 spiro atoms. The second-order valence-corrected chi connectivity index (χ2v) is 3.35. The van der Waals surface area contributed by atoms with Crippen LogP contribution in [0.4, 0.5) is 0 Å². The molecule has 1 saturated heterocycles. The van der Waals surface area contributed by atoms with Gasteiger partial charge < -0.3 is 5.11 Å². The molecule has 64 valence electrons. The average molecular weight is 155 g/mol. The molecular weight excluding hydrogens is 138 g/mol. The molecule has 0 aromatic heterocycles. The molecule has 1 N–H and O–H groups in total. The smallest absolute Gasteiger partial charge is 0.0783 e. The summed E-state index contributed by atoms with van der Waals surface area (Å²) >= 11 is 0. The summed E-state index contributed by atoms with van der Waals surface area (Å²) in [7, 11) is 0. The summed E-state index contributed by atoms with van der Waals surface area (Å²) < 4.78 is 0. The monoisotopic (exact) mass is 155 g/mol. The fraction of sp³-hybridized carbons (Fsp3) is 0.778. The Kier molecular flexibility index (Phi) is 2.68. The number of hydrogen-bond donors (Lipinski definition) is 1. The van der Waals surface area contributed by atoms with Crippen molar-refractivity contribution in [1.29, 1.82) is 0 Å². The summed E-state index contributed by atoms with van der Waals surface area (Å²) in [6, 6.07) is 0. The van der Waals surface area contributed by atoms with E-state index in [1.165, 1.54) is 0 Å². The van der Waals surface area contributed by atoms with Gasteiger partial charge in [0.2, 0.25) is 0 Å². The molecule has 0 amide bonds. The molecule has 0 radical (unpaired) electrons. The van der Waals surface area contributed by atoms with Crippen LogP contribution in [0, 0.1) is 0 Å². The number of aliphatic hydroxyl groups is 1.